The molecule has 1 aliphatic rings. The highest BCUT2D eigenvalue weighted by atomic mass is 79.9. The van der Waals surface area contributed by atoms with Crippen LogP contribution in [0.3, 0.4) is 0 Å². The average molecular weight is 402 g/mol. The van der Waals surface area contributed by atoms with Gasteiger partial charge in [-0.15, -0.1) is 24.8 Å². The van der Waals surface area contributed by atoms with Crippen molar-refractivity contribution in [3.05, 3.63) is 34.1 Å². The summed E-state index contributed by atoms with van der Waals surface area (Å²) in [5.74, 6) is 0.460. The van der Waals surface area contributed by atoms with E-state index in [0.717, 1.165) is 42.6 Å². The van der Waals surface area contributed by atoms with E-state index in [2.05, 4.69) is 40.0 Å². The van der Waals surface area contributed by atoms with Gasteiger partial charge in [-0.2, -0.15) is 0 Å². The molecule has 1 aromatic rings. The predicted molar refractivity (Wildman–Crippen MR) is 95.2 cm³/mol. The molecule has 1 aliphatic heterocycles. The second kappa shape index (κ2) is 10.0. The van der Waals surface area contributed by atoms with E-state index in [1.165, 1.54) is 0 Å². The summed E-state index contributed by atoms with van der Waals surface area (Å²) in [5.41, 5.74) is 0.832. The Morgan fingerprint density at radius 2 is 1.86 bits per heavy atom. The average Bonchev–Trinajstić information content (AvgIpc) is 2.37. The van der Waals surface area contributed by atoms with Crippen LogP contribution in [0.4, 0.5) is 4.39 Å². The molecule has 0 saturated carbocycles. The summed E-state index contributed by atoms with van der Waals surface area (Å²) in [7, 11) is 0. The van der Waals surface area contributed by atoms with Crippen LogP contribution in [0, 0.1) is 11.7 Å². The number of piperazine rings is 1. The fraction of sp³-hybridized carbons (Fsp3) is 0.600. The van der Waals surface area contributed by atoms with Crippen molar-refractivity contribution in [3.63, 3.8) is 0 Å². The number of rotatable bonds is 4. The largest absolute Gasteiger partial charge is 0.314 e. The van der Waals surface area contributed by atoms with Crippen LogP contribution < -0.4 is 5.32 Å². The first-order chi connectivity index (χ1) is 9.08. The van der Waals surface area contributed by atoms with Gasteiger partial charge in [-0.1, -0.05) is 35.8 Å². The molecule has 1 saturated heterocycles. The third kappa shape index (κ3) is 6.03. The molecule has 1 heterocycles. The van der Waals surface area contributed by atoms with E-state index in [0.29, 0.717) is 5.92 Å². The highest BCUT2D eigenvalue weighted by molar-refractivity contribution is 9.10. The van der Waals surface area contributed by atoms with Crippen LogP contribution in [0.2, 0.25) is 0 Å². The zero-order valence-corrected chi connectivity index (χ0v) is 15.7. The van der Waals surface area contributed by atoms with Crippen molar-refractivity contribution in [3.8, 4) is 0 Å². The normalized spacial score (nSPS) is 17.0. The Bertz CT molecular complexity index is 426. The van der Waals surface area contributed by atoms with Crippen LogP contribution in [0.25, 0.3) is 0 Å². The number of nitrogens with one attached hydrogen (secondary N) is 1. The molecule has 2 rings (SSSR count). The summed E-state index contributed by atoms with van der Waals surface area (Å²) >= 11 is 3.33. The van der Waals surface area contributed by atoms with E-state index in [-0.39, 0.29) is 36.7 Å². The fourth-order valence-electron chi connectivity index (χ4n) is 2.68. The summed E-state index contributed by atoms with van der Waals surface area (Å²) in [4.78, 5) is 2.41. The van der Waals surface area contributed by atoms with Crippen molar-refractivity contribution in [2.24, 2.45) is 5.92 Å². The molecule has 0 aromatic heterocycles. The quantitative estimate of drug-likeness (QED) is 0.802. The summed E-state index contributed by atoms with van der Waals surface area (Å²) < 4.78 is 15.0. The van der Waals surface area contributed by atoms with Crippen LogP contribution in [-0.4, -0.2) is 31.1 Å². The van der Waals surface area contributed by atoms with Gasteiger partial charge in [-0.25, -0.2) is 4.39 Å². The second-order valence-electron chi connectivity index (χ2n) is 5.60. The van der Waals surface area contributed by atoms with Gasteiger partial charge < -0.3 is 5.32 Å². The third-order valence-corrected chi connectivity index (χ3v) is 4.10. The number of nitrogens with zero attached hydrogens (tertiary/aromatic N) is 1. The minimum absolute atomic E-state index is 0. The van der Waals surface area contributed by atoms with E-state index in [4.69, 9.17) is 0 Å². The molecule has 0 bridgehead atoms. The van der Waals surface area contributed by atoms with Gasteiger partial charge in [-0.3, -0.25) is 4.90 Å². The van der Waals surface area contributed by atoms with Gasteiger partial charge in [0.05, 0.1) is 0 Å². The van der Waals surface area contributed by atoms with Crippen molar-refractivity contribution in [2.75, 3.05) is 26.2 Å². The molecule has 0 aliphatic carbocycles. The first-order valence-corrected chi connectivity index (χ1v) is 7.77. The van der Waals surface area contributed by atoms with Crippen molar-refractivity contribution in [1.82, 2.24) is 10.2 Å². The SMILES string of the molecule is CC(C)C[C@H](c1ccc(Br)cc1F)N1CCNCC1.Cl.Cl. The van der Waals surface area contributed by atoms with Crippen molar-refractivity contribution >= 4 is 40.7 Å². The lowest BCUT2D eigenvalue weighted by Gasteiger charge is -2.36. The van der Waals surface area contributed by atoms with Gasteiger partial charge in [0.25, 0.3) is 0 Å². The van der Waals surface area contributed by atoms with Crippen LogP contribution >= 0.6 is 40.7 Å². The molecule has 122 valence electrons. The van der Waals surface area contributed by atoms with E-state index >= 15 is 0 Å². The smallest absolute Gasteiger partial charge is 0.129 e. The summed E-state index contributed by atoms with van der Waals surface area (Å²) in [6.45, 7) is 8.37. The molecule has 0 spiro atoms. The Hall–Kier alpha value is 0.130. The number of halogens is 4. The van der Waals surface area contributed by atoms with E-state index < -0.39 is 0 Å². The molecule has 0 radical (unpaired) electrons. The molecule has 21 heavy (non-hydrogen) atoms. The zero-order chi connectivity index (χ0) is 13.8. The molecule has 0 unspecified atom stereocenters. The lowest BCUT2D eigenvalue weighted by Crippen LogP contribution is -2.45. The van der Waals surface area contributed by atoms with Gasteiger partial charge in [0.1, 0.15) is 5.82 Å². The van der Waals surface area contributed by atoms with Crippen LogP contribution in [0.1, 0.15) is 31.9 Å². The fourth-order valence-corrected chi connectivity index (χ4v) is 3.02. The third-order valence-electron chi connectivity index (χ3n) is 3.61. The van der Waals surface area contributed by atoms with Gasteiger partial charge >= 0.3 is 0 Å². The summed E-state index contributed by atoms with van der Waals surface area (Å²) in [6, 6.07) is 5.63. The molecule has 1 N–H and O–H groups in total. The lowest BCUT2D eigenvalue weighted by atomic mass is 9.94. The molecular weight excluding hydrogens is 378 g/mol. The van der Waals surface area contributed by atoms with Gasteiger partial charge in [0, 0.05) is 42.3 Å². The summed E-state index contributed by atoms with van der Waals surface area (Å²) in [5, 5.41) is 3.36. The first kappa shape index (κ1) is 21.1. The van der Waals surface area contributed by atoms with E-state index in [9.17, 15) is 4.39 Å². The Labute approximate surface area is 147 Å². The molecular formula is C15H24BrCl2FN2. The Balaban J connectivity index is 0.00000200. The topological polar surface area (TPSA) is 15.3 Å². The summed E-state index contributed by atoms with van der Waals surface area (Å²) in [6.07, 6.45) is 0.999. The van der Waals surface area contributed by atoms with Crippen molar-refractivity contribution in [2.45, 2.75) is 26.3 Å². The maximum Gasteiger partial charge on any atom is 0.129 e. The highest BCUT2D eigenvalue weighted by Gasteiger charge is 2.25. The monoisotopic (exact) mass is 400 g/mol. The Kier molecular flexibility index (Phi) is 10.1. The van der Waals surface area contributed by atoms with Crippen molar-refractivity contribution in [1.29, 1.82) is 0 Å². The van der Waals surface area contributed by atoms with Gasteiger partial charge in [-0.05, 0) is 24.5 Å². The molecule has 6 heteroatoms. The highest BCUT2D eigenvalue weighted by Crippen LogP contribution is 2.31. The van der Waals surface area contributed by atoms with Crippen LogP contribution in [0.5, 0.6) is 0 Å². The van der Waals surface area contributed by atoms with Crippen LogP contribution in [0.15, 0.2) is 22.7 Å². The lowest BCUT2D eigenvalue weighted by molar-refractivity contribution is 0.151. The number of benzene rings is 1. The molecule has 0 amide bonds. The predicted octanol–water partition coefficient (Wildman–Crippen LogP) is 4.42. The molecule has 2 nitrogen and oxygen atoms in total. The van der Waals surface area contributed by atoms with Crippen LogP contribution in [-0.2, 0) is 0 Å². The minimum atomic E-state index is -0.0986. The van der Waals surface area contributed by atoms with Crippen molar-refractivity contribution < 1.29 is 4.39 Å². The molecule has 1 atom stereocenters. The zero-order valence-electron chi connectivity index (χ0n) is 12.4. The maximum absolute atomic E-state index is 14.2. The minimum Gasteiger partial charge on any atom is -0.314 e. The van der Waals surface area contributed by atoms with E-state index in [1.807, 2.05) is 12.1 Å². The van der Waals surface area contributed by atoms with Gasteiger partial charge in [0.15, 0.2) is 0 Å². The maximum atomic E-state index is 14.2. The second-order valence-corrected chi connectivity index (χ2v) is 6.51. The van der Waals surface area contributed by atoms with E-state index in [1.54, 1.807) is 6.07 Å². The Morgan fingerprint density at radius 1 is 1.24 bits per heavy atom. The molecule has 1 fully saturated rings. The standard InChI is InChI=1S/C15H22BrFN2.2ClH/c1-11(2)9-15(19-7-5-18-6-8-19)13-4-3-12(16)10-14(13)17;;/h3-4,10-11,15,18H,5-9H2,1-2H3;2*1H/t15-;;/m1../s1. The number of hydrogen-bond donors (Lipinski definition) is 1. The Morgan fingerprint density at radius 3 is 2.38 bits per heavy atom. The first-order valence-electron chi connectivity index (χ1n) is 6.97. The van der Waals surface area contributed by atoms with Gasteiger partial charge in [0.2, 0.25) is 0 Å². The number of hydrogen-bond acceptors (Lipinski definition) is 2. The molecule has 1 aromatic carbocycles.